The quantitative estimate of drug-likeness (QED) is 0.890. The Labute approximate surface area is 103 Å². The summed E-state index contributed by atoms with van der Waals surface area (Å²) in [6, 6.07) is 3.22. The summed E-state index contributed by atoms with van der Waals surface area (Å²) < 4.78 is 33.2. The number of benzene rings is 1. The summed E-state index contributed by atoms with van der Waals surface area (Å²) in [7, 11) is 1.59. The molecule has 0 amide bonds. The van der Waals surface area contributed by atoms with Crippen molar-refractivity contribution in [2.24, 2.45) is 0 Å². The molecular formula is C12H13F2N3O. The van der Waals surface area contributed by atoms with Crippen LogP contribution in [0, 0.1) is 11.6 Å². The van der Waals surface area contributed by atoms with E-state index in [1.54, 1.807) is 24.1 Å². The lowest BCUT2D eigenvalue weighted by atomic mass is 10.3. The van der Waals surface area contributed by atoms with Crippen molar-refractivity contribution in [3.8, 4) is 0 Å². The van der Waals surface area contributed by atoms with Gasteiger partial charge in [0.1, 0.15) is 11.6 Å². The van der Waals surface area contributed by atoms with E-state index in [2.05, 4.69) is 10.3 Å². The normalized spacial score (nSPS) is 10.6. The molecule has 0 aliphatic carbocycles. The molecule has 4 nitrogen and oxygen atoms in total. The van der Waals surface area contributed by atoms with Crippen molar-refractivity contribution in [3.05, 3.63) is 42.2 Å². The molecule has 0 unspecified atom stereocenters. The third-order valence-corrected chi connectivity index (χ3v) is 2.43. The van der Waals surface area contributed by atoms with Gasteiger partial charge in [-0.15, -0.1) is 0 Å². The first kappa shape index (κ1) is 12.5. The van der Waals surface area contributed by atoms with Crippen molar-refractivity contribution in [2.45, 2.75) is 6.54 Å². The minimum atomic E-state index is -0.530. The molecule has 1 aromatic heterocycles. The fourth-order valence-corrected chi connectivity index (χ4v) is 1.52. The van der Waals surface area contributed by atoms with Crippen LogP contribution >= 0.6 is 0 Å². The van der Waals surface area contributed by atoms with Gasteiger partial charge in [-0.2, -0.15) is 0 Å². The van der Waals surface area contributed by atoms with Crippen molar-refractivity contribution in [3.63, 3.8) is 0 Å². The molecule has 0 spiro atoms. The molecule has 1 aromatic carbocycles. The first-order chi connectivity index (χ1) is 8.70. The van der Waals surface area contributed by atoms with Crippen LogP contribution in [0.15, 0.2) is 30.6 Å². The second-order valence-electron chi connectivity index (χ2n) is 3.69. The van der Waals surface area contributed by atoms with Crippen molar-refractivity contribution >= 4 is 11.6 Å². The Bertz CT molecular complexity index is 528. The smallest absolute Gasteiger partial charge is 0.207 e. The van der Waals surface area contributed by atoms with Crippen molar-refractivity contribution < 1.29 is 13.5 Å². The van der Waals surface area contributed by atoms with Gasteiger partial charge in [-0.3, -0.25) is 0 Å². The predicted octanol–water partition coefficient (Wildman–Crippen LogP) is 2.55. The highest BCUT2D eigenvalue weighted by atomic mass is 19.1. The van der Waals surface area contributed by atoms with Gasteiger partial charge >= 0.3 is 0 Å². The molecular weight excluding hydrogens is 240 g/mol. The molecule has 0 aliphatic rings. The molecule has 6 heteroatoms. The molecule has 2 aromatic rings. The Kier molecular flexibility index (Phi) is 3.88. The molecule has 18 heavy (non-hydrogen) atoms. The zero-order valence-corrected chi connectivity index (χ0v) is 9.86. The lowest BCUT2D eigenvalue weighted by Crippen LogP contribution is -2.08. The zero-order valence-electron chi connectivity index (χ0n) is 9.86. The number of ether oxygens (including phenoxy) is 1. The molecule has 0 radical (unpaired) electrons. The van der Waals surface area contributed by atoms with Gasteiger partial charge in [0.2, 0.25) is 5.95 Å². The van der Waals surface area contributed by atoms with E-state index in [1.165, 1.54) is 0 Å². The van der Waals surface area contributed by atoms with E-state index in [0.29, 0.717) is 19.1 Å². The summed E-state index contributed by atoms with van der Waals surface area (Å²) in [6.45, 7) is 1.09. The lowest BCUT2D eigenvalue weighted by Gasteiger charge is -2.10. The molecule has 2 rings (SSSR count). The van der Waals surface area contributed by atoms with E-state index in [-0.39, 0.29) is 5.69 Å². The van der Waals surface area contributed by atoms with E-state index >= 15 is 0 Å². The highest BCUT2D eigenvalue weighted by molar-refractivity contribution is 5.54. The Morgan fingerprint density at radius 2 is 2.22 bits per heavy atom. The second kappa shape index (κ2) is 5.59. The van der Waals surface area contributed by atoms with Gasteiger partial charge in [0.25, 0.3) is 0 Å². The van der Waals surface area contributed by atoms with Gasteiger partial charge in [0.15, 0.2) is 0 Å². The third-order valence-electron chi connectivity index (χ3n) is 2.43. The average molecular weight is 253 g/mol. The van der Waals surface area contributed by atoms with Crippen LogP contribution in [-0.4, -0.2) is 23.3 Å². The number of anilines is 2. The summed E-state index contributed by atoms with van der Waals surface area (Å²) in [6.07, 6.45) is 3.31. The van der Waals surface area contributed by atoms with Crippen LogP contribution in [0.2, 0.25) is 0 Å². The number of methoxy groups -OCH3 is 1. The lowest BCUT2D eigenvalue weighted by molar-refractivity contribution is 0.188. The molecule has 0 aliphatic heterocycles. The molecule has 0 atom stereocenters. The maximum Gasteiger partial charge on any atom is 0.207 e. The highest BCUT2D eigenvalue weighted by Gasteiger charge is 2.07. The van der Waals surface area contributed by atoms with E-state index < -0.39 is 11.6 Å². The number of halogens is 2. The summed E-state index contributed by atoms with van der Waals surface area (Å²) in [5.74, 6) is -0.594. The van der Waals surface area contributed by atoms with Gasteiger partial charge < -0.3 is 14.6 Å². The third kappa shape index (κ3) is 2.84. The molecule has 1 heterocycles. The fraction of sp³-hybridized carbons (Fsp3) is 0.250. The molecule has 96 valence electrons. The Balaban J connectivity index is 2.18. The predicted molar refractivity (Wildman–Crippen MR) is 63.7 cm³/mol. The summed E-state index contributed by atoms with van der Waals surface area (Å²) >= 11 is 0. The summed E-state index contributed by atoms with van der Waals surface area (Å²) in [5, 5.41) is 2.75. The number of rotatable bonds is 5. The minimum Gasteiger partial charge on any atom is -0.383 e. The number of nitrogens with zero attached hydrogens (tertiary/aromatic N) is 2. The number of aromatic nitrogens is 2. The SMILES string of the molecule is COCCn1ccnc1Nc1cc(F)ccc1F. The number of hydrogen-bond acceptors (Lipinski definition) is 3. The van der Waals surface area contributed by atoms with Crippen LogP contribution in [0.3, 0.4) is 0 Å². The zero-order chi connectivity index (χ0) is 13.0. The van der Waals surface area contributed by atoms with Crippen LogP contribution in [0.25, 0.3) is 0 Å². The van der Waals surface area contributed by atoms with Crippen LogP contribution in [0.5, 0.6) is 0 Å². The molecule has 0 saturated heterocycles. The standard InChI is InChI=1S/C12H13F2N3O/c1-18-7-6-17-5-4-15-12(17)16-11-8-9(13)2-3-10(11)14/h2-5,8H,6-7H2,1H3,(H,15,16). The van der Waals surface area contributed by atoms with Crippen molar-refractivity contribution in [2.75, 3.05) is 19.0 Å². The second-order valence-corrected chi connectivity index (χ2v) is 3.69. The summed E-state index contributed by atoms with van der Waals surface area (Å²) in [5.41, 5.74) is 0.0554. The van der Waals surface area contributed by atoms with Crippen molar-refractivity contribution in [1.29, 1.82) is 0 Å². The Morgan fingerprint density at radius 3 is 3.00 bits per heavy atom. The number of hydrogen-bond donors (Lipinski definition) is 1. The van der Waals surface area contributed by atoms with E-state index in [4.69, 9.17) is 4.74 Å². The first-order valence-electron chi connectivity index (χ1n) is 5.43. The van der Waals surface area contributed by atoms with Crippen LogP contribution in [0.4, 0.5) is 20.4 Å². The van der Waals surface area contributed by atoms with E-state index in [9.17, 15) is 8.78 Å². The Hall–Kier alpha value is -1.95. The molecule has 0 bridgehead atoms. The summed E-state index contributed by atoms with van der Waals surface area (Å²) in [4.78, 5) is 4.04. The fourth-order valence-electron chi connectivity index (χ4n) is 1.52. The molecule has 0 saturated carbocycles. The van der Waals surface area contributed by atoms with E-state index in [0.717, 1.165) is 18.2 Å². The largest absolute Gasteiger partial charge is 0.383 e. The van der Waals surface area contributed by atoms with Crippen LogP contribution in [0.1, 0.15) is 0 Å². The van der Waals surface area contributed by atoms with Gasteiger partial charge in [-0.25, -0.2) is 13.8 Å². The van der Waals surface area contributed by atoms with Gasteiger partial charge in [0.05, 0.1) is 12.3 Å². The molecule has 1 N–H and O–H groups in total. The number of imidazole rings is 1. The van der Waals surface area contributed by atoms with Crippen molar-refractivity contribution in [1.82, 2.24) is 9.55 Å². The van der Waals surface area contributed by atoms with Gasteiger partial charge in [-0.05, 0) is 12.1 Å². The topological polar surface area (TPSA) is 39.1 Å². The molecule has 0 fully saturated rings. The van der Waals surface area contributed by atoms with Crippen LogP contribution in [-0.2, 0) is 11.3 Å². The monoisotopic (exact) mass is 253 g/mol. The van der Waals surface area contributed by atoms with Gasteiger partial charge in [0, 0.05) is 32.1 Å². The maximum atomic E-state index is 13.5. The minimum absolute atomic E-state index is 0.0554. The maximum absolute atomic E-state index is 13.5. The van der Waals surface area contributed by atoms with E-state index in [1.807, 2.05) is 0 Å². The Morgan fingerprint density at radius 1 is 1.39 bits per heavy atom. The highest BCUT2D eigenvalue weighted by Crippen LogP contribution is 2.19. The number of nitrogens with one attached hydrogen (secondary N) is 1. The average Bonchev–Trinajstić information content (AvgIpc) is 2.79. The van der Waals surface area contributed by atoms with Crippen LogP contribution < -0.4 is 5.32 Å². The van der Waals surface area contributed by atoms with Gasteiger partial charge in [-0.1, -0.05) is 0 Å². The first-order valence-corrected chi connectivity index (χ1v) is 5.43.